The number of hydrogen-bond acceptors (Lipinski definition) is 2. The van der Waals surface area contributed by atoms with Gasteiger partial charge >= 0.3 is 0 Å². The molecule has 1 nitrogen and oxygen atoms in total. The second kappa shape index (κ2) is 9.84. The zero-order valence-electron chi connectivity index (χ0n) is 15.1. The average molecular weight is 353 g/mol. The summed E-state index contributed by atoms with van der Waals surface area (Å²) in [7, 11) is 0. The summed E-state index contributed by atoms with van der Waals surface area (Å²) >= 11 is 2.00. The Morgan fingerprint density at radius 1 is 0.960 bits per heavy atom. The van der Waals surface area contributed by atoms with Gasteiger partial charge in [-0.2, -0.15) is 0 Å². The van der Waals surface area contributed by atoms with Gasteiger partial charge in [-0.15, -0.1) is 11.8 Å². The van der Waals surface area contributed by atoms with Gasteiger partial charge in [0.2, 0.25) is 0 Å². The van der Waals surface area contributed by atoms with E-state index in [0.717, 1.165) is 6.61 Å². The Morgan fingerprint density at radius 3 is 2.36 bits per heavy atom. The standard InChI is InChI=1S/C23H28OS/c1-19(17-24-18-20-11-5-2-6-12-20)23(21-13-7-3-8-14-21)25-22-15-9-4-10-16-22/h2,4-6,9-13,15-16,19,23H,3,7-8,14,17-18H2,1H3/t19-,23+/m1/s1. The third kappa shape index (κ3) is 5.76. The molecular formula is C23H28OS. The molecule has 2 aromatic carbocycles. The van der Waals surface area contributed by atoms with E-state index in [1.54, 1.807) is 5.57 Å². The highest BCUT2D eigenvalue weighted by atomic mass is 32.2. The monoisotopic (exact) mass is 352 g/mol. The smallest absolute Gasteiger partial charge is 0.0717 e. The molecule has 0 radical (unpaired) electrons. The van der Waals surface area contributed by atoms with E-state index >= 15 is 0 Å². The van der Waals surface area contributed by atoms with E-state index in [1.165, 1.54) is 36.1 Å². The summed E-state index contributed by atoms with van der Waals surface area (Å²) in [5, 5.41) is 0.512. The number of ether oxygens (including phenoxy) is 1. The Kier molecular flexibility index (Phi) is 7.20. The number of rotatable bonds is 8. The third-order valence-electron chi connectivity index (χ3n) is 4.71. The Bertz CT molecular complexity index is 650. The molecule has 0 amide bonds. The van der Waals surface area contributed by atoms with Crippen LogP contribution in [0, 0.1) is 5.92 Å². The number of allylic oxidation sites excluding steroid dienone is 1. The number of hydrogen-bond donors (Lipinski definition) is 0. The molecule has 0 heterocycles. The van der Waals surface area contributed by atoms with Gasteiger partial charge in [0.15, 0.2) is 0 Å². The Morgan fingerprint density at radius 2 is 1.68 bits per heavy atom. The SMILES string of the molecule is C[C@H](COCc1ccccc1)[C@H](Sc1ccccc1)C1=CCCCC1. The molecule has 132 valence electrons. The maximum atomic E-state index is 6.05. The lowest BCUT2D eigenvalue weighted by Gasteiger charge is -2.28. The highest BCUT2D eigenvalue weighted by molar-refractivity contribution is 8.00. The van der Waals surface area contributed by atoms with Crippen molar-refractivity contribution in [2.75, 3.05) is 6.61 Å². The first kappa shape index (κ1) is 18.3. The van der Waals surface area contributed by atoms with Gasteiger partial charge in [-0.05, 0) is 49.3 Å². The molecular weight excluding hydrogens is 324 g/mol. The van der Waals surface area contributed by atoms with E-state index in [1.807, 2.05) is 17.8 Å². The first-order valence-electron chi connectivity index (χ1n) is 9.35. The van der Waals surface area contributed by atoms with E-state index in [2.05, 4.69) is 67.6 Å². The van der Waals surface area contributed by atoms with Gasteiger partial charge in [-0.3, -0.25) is 0 Å². The number of thioether (sulfide) groups is 1. The van der Waals surface area contributed by atoms with Gasteiger partial charge in [0.25, 0.3) is 0 Å². The van der Waals surface area contributed by atoms with Crippen LogP contribution in [0.25, 0.3) is 0 Å². The summed E-state index contributed by atoms with van der Waals surface area (Å²) in [5.74, 6) is 0.498. The summed E-state index contributed by atoms with van der Waals surface area (Å²) in [6.45, 7) is 3.84. The van der Waals surface area contributed by atoms with E-state index in [9.17, 15) is 0 Å². The van der Waals surface area contributed by atoms with Crippen molar-refractivity contribution in [3.63, 3.8) is 0 Å². The van der Waals surface area contributed by atoms with Crippen molar-refractivity contribution >= 4 is 11.8 Å². The second-order valence-corrected chi connectivity index (χ2v) is 8.07. The van der Waals surface area contributed by atoms with Crippen molar-refractivity contribution in [2.45, 2.75) is 49.4 Å². The van der Waals surface area contributed by atoms with Gasteiger partial charge in [0, 0.05) is 10.1 Å². The molecule has 0 spiro atoms. The molecule has 2 heteroatoms. The van der Waals surface area contributed by atoms with Gasteiger partial charge in [0.05, 0.1) is 13.2 Å². The molecule has 2 aromatic rings. The molecule has 0 unspecified atom stereocenters. The summed E-state index contributed by atoms with van der Waals surface area (Å²) in [6.07, 6.45) is 7.63. The highest BCUT2D eigenvalue weighted by Crippen LogP contribution is 2.37. The summed E-state index contributed by atoms with van der Waals surface area (Å²) in [4.78, 5) is 1.36. The lowest BCUT2D eigenvalue weighted by molar-refractivity contribution is 0.0932. The van der Waals surface area contributed by atoms with Crippen LogP contribution in [0.2, 0.25) is 0 Å². The summed E-state index contributed by atoms with van der Waals surface area (Å²) < 4.78 is 6.05. The van der Waals surface area contributed by atoms with Crippen molar-refractivity contribution in [3.8, 4) is 0 Å². The van der Waals surface area contributed by atoms with Crippen molar-refractivity contribution in [3.05, 3.63) is 77.9 Å². The largest absolute Gasteiger partial charge is 0.376 e. The van der Waals surface area contributed by atoms with Gasteiger partial charge in [0.1, 0.15) is 0 Å². The maximum absolute atomic E-state index is 6.05. The fourth-order valence-electron chi connectivity index (χ4n) is 3.35. The zero-order valence-corrected chi connectivity index (χ0v) is 15.9. The van der Waals surface area contributed by atoms with Crippen LogP contribution < -0.4 is 0 Å². The van der Waals surface area contributed by atoms with Gasteiger partial charge in [-0.1, -0.05) is 67.1 Å². The van der Waals surface area contributed by atoms with Crippen LogP contribution >= 0.6 is 11.8 Å². The molecule has 0 fully saturated rings. The van der Waals surface area contributed by atoms with Gasteiger partial charge < -0.3 is 4.74 Å². The van der Waals surface area contributed by atoms with Crippen molar-refractivity contribution < 1.29 is 4.74 Å². The van der Waals surface area contributed by atoms with Crippen molar-refractivity contribution in [1.82, 2.24) is 0 Å². The predicted molar refractivity (Wildman–Crippen MR) is 108 cm³/mol. The van der Waals surface area contributed by atoms with E-state index in [-0.39, 0.29) is 0 Å². The molecule has 0 bridgehead atoms. The normalized spacial score (nSPS) is 16.9. The third-order valence-corrected chi connectivity index (χ3v) is 6.27. The fourth-order valence-corrected chi connectivity index (χ4v) is 4.63. The Labute approximate surface area is 156 Å². The summed E-state index contributed by atoms with van der Waals surface area (Å²) in [5.41, 5.74) is 2.87. The van der Waals surface area contributed by atoms with E-state index < -0.39 is 0 Å². The van der Waals surface area contributed by atoms with E-state index in [4.69, 9.17) is 4.74 Å². The maximum Gasteiger partial charge on any atom is 0.0717 e. The number of benzene rings is 2. The molecule has 0 aliphatic heterocycles. The molecule has 1 aliphatic rings. The predicted octanol–water partition coefficient (Wildman–Crippen LogP) is 6.50. The lowest BCUT2D eigenvalue weighted by atomic mass is 9.92. The first-order valence-corrected chi connectivity index (χ1v) is 10.2. The molecule has 1 aliphatic carbocycles. The quantitative estimate of drug-likeness (QED) is 0.396. The minimum Gasteiger partial charge on any atom is -0.376 e. The lowest BCUT2D eigenvalue weighted by Crippen LogP contribution is -2.23. The molecule has 0 N–H and O–H groups in total. The molecule has 0 saturated heterocycles. The van der Waals surface area contributed by atoms with Crippen LogP contribution in [-0.4, -0.2) is 11.9 Å². The molecule has 0 saturated carbocycles. The van der Waals surface area contributed by atoms with Crippen LogP contribution in [0.4, 0.5) is 0 Å². The molecule has 2 atom stereocenters. The Balaban J connectivity index is 1.62. The zero-order chi connectivity index (χ0) is 17.3. The topological polar surface area (TPSA) is 9.23 Å². The summed E-state index contributed by atoms with van der Waals surface area (Å²) in [6, 6.07) is 21.2. The van der Waals surface area contributed by atoms with Crippen molar-refractivity contribution in [2.24, 2.45) is 5.92 Å². The molecule has 3 rings (SSSR count). The average Bonchev–Trinajstić information content (AvgIpc) is 2.68. The fraction of sp³-hybridized carbons (Fsp3) is 0.391. The van der Waals surface area contributed by atoms with Crippen LogP contribution in [0.1, 0.15) is 38.2 Å². The molecule has 25 heavy (non-hydrogen) atoms. The van der Waals surface area contributed by atoms with Crippen LogP contribution in [0.15, 0.2) is 77.2 Å². The van der Waals surface area contributed by atoms with E-state index in [0.29, 0.717) is 17.8 Å². The van der Waals surface area contributed by atoms with Gasteiger partial charge in [-0.25, -0.2) is 0 Å². The highest BCUT2D eigenvalue weighted by Gasteiger charge is 2.24. The van der Waals surface area contributed by atoms with Crippen molar-refractivity contribution in [1.29, 1.82) is 0 Å². The van der Waals surface area contributed by atoms with Crippen LogP contribution in [0.3, 0.4) is 0 Å². The second-order valence-electron chi connectivity index (χ2n) is 6.85. The minimum absolute atomic E-state index is 0.498. The minimum atomic E-state index is 0.498. The Hall–Kier alpha value is -1.51. The first-order chi connectivity index (χ1) is 12.3. The molecule has 0 aromatic heterocycles. The van der Waals surface area contributed by atoms with Crippen LogP contribution in [-0.2, 0) is 11.3 Å². The van der Waals surface area contributed by atoms with Crippen LogP contribution in [0.5, 0.6) is 0 Å².